The van der Waals surface area contributed by atoms with Gasteiger partial charge in [0.1, 0.15) is 5.82 Å². The lowest BCUT2D eigenvalue weighted by atomic mass is 10.3. The molecule has 1 atom stereocenters. The Labute approximate surface area is 101 Å². The van der Waals surface area contributed by atoms with Crippen LogP contribution in [0.2, 0.25) is 0 Å². The fourth-order valence-electron chi connectivity index (χ4n) is 1.88. The molecule has 1 saturated heterocycles. The quantitative estimate of drug-likeness (QED) is 0.850. The third kappa shape index (κ3) is 2.40. The standard InChI is InChI=1S/C11H18N4S/c1-8-6-13-11(12-3)14-10(8)15-4-5-16-9(2)7-15/h6,9H,4-5,7H2,1-3H3,(H,12,13,14). The molecule has 16 heavy (non-hydrogen) atoms. The SMILES string of the molecule is CNc1ncc(C)c(N2CCSC(C)C2)n1. The fourth-order valence-corrected chi connectivity index (χ4v) is 2.90. The summed E-state index contributed by atoms with van der Waals surface area (Å²) in [5.41, 5.74) is 1.15. The van der Waals surface area contributed by atoms with Gasteiger partial charge in [0.2, 0.25) is 5.95 Å². The molecule has 0 bridgehead atoms. The van der Waals surface area contributed by atoms with E-state index in [1.165, 1.54) is 5.75 Å². The topological polar surface area (TPSA) is 41.1 Å². The number of nitrogens with one attached hydrogen (secondary N) is 1. The van der Waals surface area contributed by atoms with Crippen molar-refractivity contribution >= 4 is 23.5 Å². The monoisotopic (exact) mass is 238 g/mol. The second-order valence-electron chi connectivity index (χ2n) is 4.08. The van der Waals surface area contributed by atoms with Crippen LogP contribution in [0.4, 0.5) is 11.8 Å². The summed E-state index contributed by atoms with van der Waals surface area (Å²) >= 11 is 2.03. The zero-order chi connectivity index (χ0) is 11.5. The van der Waals surface area contributed by atoms with E-state index in [-0.39, 0.29) is 0 Å². The van der Waals surface area contributed by atoms with Crippen LogP contribution in [0.25, 0.3) is 0 Å². The Balaban J connectivity index is 2.24. The Bertz CT molecular complexity index is 369. The molecule has 1 fully saturated rings. The van der Waals surface area contributed by atoms with Gasteiger partial charge in [-0.3, -0.25) is 0 Å². The second kappa shape index (κ2) is 4.91. The molecule has 1 aliphatic heterocycles. The van der Waals surface area contributed by atoms with Gasteiger partial charge in [-0.25, -0.2) is 4.98 Å². The Hall–Kier alpha value is -0.970. The number of thioether (sulfide) groups is 1. The maximum atomic E-state index is 4.54. The molecule has 1 unspecified atom stereocenters. The third-order valence-corrected chi connectivity index (χ3v) is 3.85. The molecule has 0 aromatic carbocycles. The van der Waals surface area contributed by atoms with Crippen molar-refractivity contribution in [2.24, 2.45) is 0 Å². The van der Waals surface area contributed by atoms with Crippen molar-refractivity contribution in [2.75, 3.05) is 36.1 Å². The van der Waals surface area contributed by atoms with E-state index in [0.29, 0.717) is 11.2 Å². The van der Waals surface area contributed by atoms with E-state index in [2.05, 4.69) is 34.0 Å². The summed E-state index contributed by atoms with van der Waals surface area (Å²) in [5, 5.41) is 3.67. The molecule has 1 aliphatic rings. The molecule has 0 amide bonds. The van der Waals surface area contributed by atoms with Crippen molar-refractivity contribution in [3.05, 3.63) is 11.8 Å². The normalized spacial score (nSPS) is 20.9. The van der Waals surface area contributed by atoms with Gasteiger partial charge in [-0.1, -0.05) is 6.92 Å². The number of aryl methyl sites for hydroxylation is 1. The Morgan fingerprint density at radius 3 is 3.06 bits per heavy atom. The molecule has 5 heteroatoms. The largest absolute Gasteiger partial charge is 0.357 e. The Morgan fingerprint density at radius 2 is 2.38 bits per heavy atom. The molecule has 1 N–H and O–H groups in total. The summed E-state index contributed by atoms with van der Waals surface area (Å²) in [7, 11) is 1.85. The van der Waals surface area contributed by atoms with Gasteiger partial charge in [0.25, 0.3) is 0 Å². The van der Waals surface area contributed by atoms with E-state index in [1.54, 1.807) is 0 Å². The summed E-state index contributed by atoms with van der Waals surface area (Å²) in [5.74, 6) is 2.96. The minimum Gasteiger partial charge on any atom is -0.357 e. The average Bonchev–Trinajstić information content (AvgIpc) is 2.30. The van der Waals surface area contributed by atoms with Crippen LogP contribution < -0.4 is 10.2 Å². The van der Waals surface area contributed by atoms with Crippen LogP contribution in [0.5, 0.6) is 0 Å². The zero-order valence-corrected chi connectivity index (χ0v) is 10.8. The van der Waals surface area contributed by atoms with Gasteiger partial charge in [-0.2, -0.15) is 16.7 Å². The van der Waals surface area contributed by atoms with Gasteiger partial charge in [0.05, 0.1) is 0 Å². The molecule has 0 radical (unpaired) electrons. The highest BCUT2D eigenvalue weighted by atomic mass is 32.2. The number of aromatic nitrogens is 2. The second-order valence-corrected chi connectivity index (χ2v) is 5.62. The molecule has 4 nitrogen and oxygen atoms in total. The summed E-state index contributed by atoms with van der Waals surface area (Å²) in [4.78, 5) is 11.1. The lowest BCUT2D eigenvalue weighted by Gasteiger charge is -2.32. The summed E-state index contributed by atoms with van der Waals surface area (Å²) < 4.78 is 0. The van der Waals surface area contributed by atoms with Crippen LogP contribution in [0, 0.1) is 6.92 Å². The van der Waals surface area contributed by atoms with E-state index >= 15 is 0 Å². The molecular weight excluding hydrogens is 220 g/mol. The highest BCUT2D eigenvalue weighted by Crippen LogP contribution is 2.25. The van der Waals surface area contributed by atoms with Gasteiger partial charge in [0.15, 0.2) is 0 Å². The number of anilines is 2. The summed E-state index contributed by atoms with van der Waals surface area (Å²) in [6, 6.07) is 0. The maximum absolute atomic E-state index is 4.54. The Kier molecular flexibility index (Phi) is 3.53. The van der Waals surface area contributed by atoms with Crippen LogP contribution >= 0.6 is 11.8 Å². The summed E-state index contributed by atoms with van der Waals surface area (Å²) in [6.07, 6.45) is 1.89. The van der Waals surface area contributed by atoms with E-state index in [0.717, 1.165) is 24.5 Å². The van der Waals surface area contributed by atoms with Crippen LogP contribution in [0.3, 0.4) is 0 Å². The minimum absolute atomic E-state index is 0.682. The van der Waals surface area contributed by atoms with Crippen LogP contribution in [0.1, 0.15) is 12.5 Å². The number of nitrogens with zero attached hydrogens (tertiary/aromatic N) is 3. The van der Waals surface area contributed by atoms with Crippen molar-refractivity contribution in [2.45, 2.75) is 19.1 Å². The van der Waals surface area contributed by atoms with Crippen molar-refractivity contribution in [1.29, 1.82) is 0 Å². The van der Waals surface area contributed by atoms with Gasteiger partial charge in [-0.15, -0.1) is 0 Å². The minimum atomic E-state index is 0.682. The van der Waals surface area contributed by atoms with Crippen LogP contribution in [0.15, 0.2) is 6.20 Å². The molecule has 0 aliphatic carbocycles. The summed E-state index contributed by atoms with van der Waals surface area (Å²) in [6.45, 7) is 6.50. The molecule has 0 saturated carbocycles. The predicted octanol–water partition coefficient (Wildman–Crippen LogP) is 1.77. The first kappa shape index (κ1) is 11.5. The zero-order valence-electron chi connectivity index (χ0n) is 10.0. The molecular formula is C11H18N4S. The van der Waals surface area contributed by atoms with Gasteiger partial charge >= 0.3 is 0 Å². The van der Waals surface area contributed by atoms with E-state index in [1.807, 2.05) is 25.0 Å². The molecule has 88 valence electrons. The highest BCUT2D eigenvalue weighted by Gasteiger charge is 2.19. The first-order chi connectivity index (χ1) is 7.70. The fraction of sp³-hybridized carbons (Fsp3) is 0.636. The average molecular weight is 238 g/mol. The van der Waals surface area contributed by atoms with Crippen LogP contribution in [-0.2, 0) is 0 Å². The van der Waals surface area contributed by atoms with E-state index < -0.39 is 0 Å². The highest BCUT2D eigenvalue weighted by molar-refractivity contribution is 8.00. The number of rotatable bonds is 2. The molecule has 2 heterocycles. The van der Waals surface area contributed by atoms with Gasteiger partial charge in [0, 0.05) is 42.9 Å². The first-order valence-corrected chi connectivity index (χ1v) is 6.63. The van der Waals surface area contributed by atoms with Crippen molar-refractivity contribution in [1.82, 2.24) is 9.97 Å². The predicted molar refractivity (Wildman–Crippen MR) is 70.4 cm³/mol. The maximum Gasteiger partial charge on any atom is 0.224 e. The smallest absolute Gasteiger partial charge is 0.224 e. The molecule has 1 aromatic heterocycles. The molecule has 0 spiro atoms. The number of hydrogen-bond donors (Lipinski definition) is 1. The number of hydrogen-bond acceptors (Lipinski definition) is 5. The van der Waals surface area contributed by atoms with Crippen molar-refractivity contribution < 1.29 is 0 Å². The van der Waals surface area contributed by atoms with Gasteiger partial charge < -0.3 is 10.2 Å². The van der Waals surface area contributed by atoms with E-state index in [9.17, 15) is 0 Å². The lowest BCUT2D eigenvalue weighted by molar-refractivity contribution is 0.765. The Morgan fingerprint density at radius 1 is 1.56 bits per heavy atom. The molecule has 1 aromatic rings. The van der Waals surface area contributed by atoms with Crippen molar-refractivity contribution in [3.8, 4) is 0 Å². The lowest BCUT2D eigenvalue weighted by Crippen LogP contribution is -2.37. The van der Waals surface area contributed by atoms with Gasteiger partial charge in [-0.05, 0) is 6.92 Å². The third-order valence-electron chi connectivity index (χ3n) is 2.71. The molecule has 2 rings (SSSR count). The van der Waals surface area contributed by atoms with E-state index in [4.69, 9.17) is 0 Å². The van der Waals surface area contributed by atoms with Crippen LogP contribution in [-0.4, -0.2) is 41.1 Å². The van der Waals surface area contributed by atoms with Crippen molar-refractivity contribution in [3.63, 3.8) is 0 Å². The first-order valence-electron chi connectivity index (χ1n) is 5.58.